The smallest absolute Gasteiger partial charge is 0.0208 e. The molecule has 2 rings (SSSR count). The summed E-state index contributed by atoms with van der Waals surface area (Å²) in [4.78, 5) is 0. The molecular formula is C13H26N2. The summed E-state index contributed by atoms with van der Waals surface area (Å²) in [5.74, 6) is 1.69. The van der Waals surface area contributed by atoms with Crippen molar-refractivity contribution >= 4 is 0 Å². The van der Waals surface area contributed by atoms with E-state index in [1.807, 2.05) is 0 Å². The van der Waals surface area contributed by atoms with Crippen LogP contribution in [-0.4, -0.2) is 25.2 Å². The predicted molar refractivity (Wildman–Crippen MR) is 65.0 cm³/mol. The molecule has 2 nitrogen and oxygen atoms in total. The fraction of sp³-hybridized carbons (Fsp3) is 1.00. The van der Waals surface area contributed by atoms with E-state index in [4.69, 9.17) is 0 Å². The van der Waals surface area contributed by atoms with E-state index in [1.165, 1.54) is 51.7 Å². The van der Waals surface area contributed by atoms with Crippen molar-refractivity contribution in [2.45, 2.75) is 51.5 Å². The molecule has 2 heterocycles. The van der Waals surface area contributed by atoms with Gasteiger partial charge in [0.2, 0.25) is 0 Å². The first-order valence-electron chi connectivity index (χ1n) is 6.69. The summed E-state index contributed by atoms with van der Waals surface area (Å²) < 4.78 is 0. The highest BCUT2D eigenvalue weighted by atomic mass is 15.0. The molecule has 2 unspecified atom stereocenters. The number of piperidine rings is 1. The minimum absolute atomic E-state index is 0.462. The summed E-state index contributed by atoms with van der Waals surface area (Å²) in [5, 5.41) is 7.33. The largest absolute Gasteiger partial charge is 0.316 e. The SMILES string of the molecule is CC(C)C1(CC2CCCNC2)CCCN1. The molecule has 2 fully saturated rings. The zero-order valence-corrected chi connectivity index (χ0v) is 10.3. The Balaban J connectivity index is 1.93. The van der Waals surface area contributed by atoms with E-state index < -0.39 is 0 Å². The maximum atomic E-state index is 3.79. The average molecular weight is 210 g/mol. The van der Waals surface area contributed by atoms with Gasteiger partial charge in [-0.05, 0) is 63.6 Å². The minimum Gasteiger partial charge on any atom is -0.316 e. The molecule has 2 N–H and O–H groups in total. The molecule has 0 aromatic heterocycles. The van der Waals surface area contributed by atoms with Crippen LogP contribution < -0.4 is 10.6 Å². The molecular weight excluding hydrogens is 184 g/mol. The van der Waals surface area contributed by atoms with Crippen LogP contribution in [0.3, 0.4) is 0 Å². The minimum atomic E-state index is 0.462. The Bertz CT molecular complexity index is 189. The monoisotopic (exact) mass is 210 g/mol. The molecule has 0 aromatic rings. The normalized spacial score (nSPS) is 37.4. The zero-order valence-electron chi connectivity index (χ0n) is 10.3. The van der Waals surface area contributed by atoms with Gasteiger partial charge in [0.15, 0.2) is 0 Å². The molecule has 0 saturated carbocycles. The third-order valence-electron chi connectivity index (χ3n) is 4.43. The van der Waals surface area contributed by atoms with Crippen molar-refractivity contribution in [3.05, 3.63) is 0 Å². The van der Waals surface area contributed by atoms with Crippen LogP contribution in [0.5, 0.6) is 0 Å². The lowest BCUT2D eigenvalue weighted by Crippen LogP contribution is -2.48. The molecule has 0 aromatic carbocycles. The highest BCUT2D eigenvalue weighted by molar-refractivity contribution is 4.97. The lowest BCUT2D eigenvalue weighted by Gasteiger charge is -2.38. The van der Waals surface area contributed by atoms with Crippen LogP contribution in [0.2, 0.25) is 0 Å². The van der Waals surface area contributed by atoms with Crippen molar-refractivity contribution in [2.24, 2.45) is 11.8 Å². The third-order valence-corrected chi connectivity index (χ3v) is 4.43. The second kappa shape index (κ2) is 4.84. The van der Waals surface area contributed by atoms with E-state index in [2.05, 4.69) is 24.5 Å². The number of hydrogen-bond acceptors (Lipinski definition) is 2. The van der Waals surface area contributed by atoms with Crippen LogP contribution in [0.15, 0.2) is 0 Å². The molecule has 0 radical (unpaired) electrons. The summed E-state index contributed by atoms with van der Waals surface area (Å²) in [5.41, 5.74) is 0.462. The lowest BCUT2D eigenvalue weighted by molar-refractivity contribution is 0.192. The lowest BCUT2D eigenvalue weighted by atomic mass is 9.76. The Labute approximate surface area is 94.2 Å². The number of nitrogens with one attached hydrogen (secondary N) is 2. The summed E-state index contributed by atoms with van der Waals surface area (Å²) in [6.45, 7) is 8.48. The first-order valence-corrected chi connectivity index (χ1v) is 6.69. The second-order valence-corrected chi connectivity index (χ2v) is 5.76. The van der Waals surface area contributed by atoms with Gasteiger partial charge in [0.1, 0.15) is 0 Å². The van der Waals surface area contributed by atoms with Crippen molar-refractivity contribution in [3.63, 3.8) is 0 Å². The molecule has 0 amide bonds. The molecule has 2 saturated heterocycles. The molecule has 0 aliphatic carbocycles. The Morgan fingerprint density at radius 1 is 1.27 bits per heavy atom. The summed E-state index contributed by atoms with van der Waals surface area (Å²) in [6.07, 6.45) is 6.96. The maximum Gasteiger partial charge on any atom is 0.0208 e. The van der Waals surface area contributed by atoms with E-state index in [-0.39, 0.29) is 0 Å². The first-order chi connectivity index (χ1) is 7.23. The van der Waals surface area contributed by atoms with Crippen LogP contribution in [0.25, 0.3) is 0 Å². The Morgan fingerprint density at radius 3 is 2.67 bits per heavy atom. The molecule has 0 bridgehead atoms. The fourth-order valence-electron chi connectivity index (χ4n) is 3.35. The van der Waals surface area contributed by atoms with Gasteiger partial charge in [0.25, 0.3) is 0 Å². The van der Waals surface area contributed by atoms with Gasteiger partial charge >= 0.3 is 0 Å². The van der Waals surface area contributed by atoms with Crippen molar-refractivity contribution in [1.29, 1.82) is 0 Å². The standard InChI is InChI=1S/C13H26N2/c1-11(2)13(6-4-8-15-13)9-12-5-3-7-14-10-12/h11-12,14-15H,3-10H2,1-2H3. The van der Waals surface area contributed by atoms with Crippen LogP contribution >= 0.6 is 0 Å². The maximum absolute atomic E-state index is 3.79. The van der Waals surface area contributed by atoms with E-state index in [0.29, 0.717) is 5.54 Å². The fourth-order valence-corrected chi connectivity index (χ4v) is 3.35. The number of rotatable bonds is 3. The molecule has 88 valence electrons. The third kappa shape index (κ3) is 2.54. The van der Waals surface area contributed by atoms with E-state index in [1.54, 1.807) is 0 Å². The van der Waals surface area contributed by atoms with Gasteiger partial charge in [-0.1, -0.05) is 13.8 Å². The summed E-state index contributed by atoms with van der Waals surface area (Å²) >= 11 is 0. The Morgan fingerprint density at radius 2 is 2.13 bits per heavy atom. The van der Waals surface area contributed by atoms with Gasteiger partial charge in [-0.25, -0.2) is 0 Å². The van der Waals surface area contributed by atoms with Crippen molar-refractivity contribution in [1.82, 2.24) is 10.6 Å². The van der Waals surface area contributed by atoms with Gasteiger partial charge in [-0.2, -0.15) is 0 Å². The van der Waals surface area contributed by atoms with Crippen LogP contribution in [0.4, 0.5) is 0 Å². The summed E-state index contributed by atoms with van der Waals surface area (Å²) in [7, 11) is 0. The van der Waals surface area contributed by atoms with Gasteiger partial charge in [0, 0.05) is 5.54 Å². The van der Waals surface area contributed by atoms with Gasteiger partial charge in [0.05, 0.1) is 0 Å². The van der Waals surface area contributed by atoms with Crippen molar-refractivity contribution in [2.75, 3.05) is 19.6 Å². The highest BCUT2D eigenvalue weighted by Crippen LogP contribution is 2.35. The van der Waals surface area contributed by atoms with Crippen LogP contribution in [0.1, 0.15) is 46.0 Å². The molecule has 2 aliphatic rings. The molecule has 2 heteroatoms. The van der Waals surface area contributed by atoms with Crippen molar-refractivity contribution < 1.29 is 0 Å². The topological polar surface area (TPSA) is 24.1 Å². The van der Waals surface area contributed by atoms with Gasteiger partial charge in [-0.3, -0.25) is 0 Å². The van der Waals surface area contributed by atoms with E-state index in [0.717, 1.165) is 11.8 Å². The zero-order chi connectivity index (χ0) is 10.7. The first kappa shape index (κ1) is 11.4. The molecule has 15 heavy (non-hydrogen) atoms. The van der Waals surface area contributed by atoms with E-state index in [9.17, 15) is 0 Å². The quantitative estimate of drug-likeness (QED) is 0.746. The predicted octanol–water partition coefficient (Wildman–Crippen LogP) is 2.15. The second-order valence-electron chi connectivity index (χ2n) is 5.76. The molecule has 2 atom stereocenters. The highest BCUT2D eigenvalue weighted by Gasteiger charge is 2.38. The van der Waals surface area contributed by atoms with Gasteiger partial charge in [-0.15, -0.1) is 0 Å². The van der Waals surface area contributed by atoms with Gasteiger partial charge < -0.3 is 10.6 Å². The number of hydrogen-bond donors (Lipinski definition) is 2. The summed E-state index contributed by atoms with van der Waals surface area (Å²) in [6, 6.07) is 0. The van der Waals surface area contributed by atoms with Crippen molar-refractivity contribution in [3.8, 4) is 0 Å². The Kier molecular flexibility index (Phi) is 3.68. The van der Waals surface area contributed by atoms with Crippen LogP contribution in [0, 0.1) is 11.8 Å². The van der Waals surface area contributed by atoms with E-state index >= 15 is 0 Å². The Hall–Kier alpha value is -0.0800. The average Bonchev–Trinajstić information content (AvgIpc) is 2.69. The van der Waals surface area contributed by atoms with Crippen LogP contribution in [-0.2, 0) is 0 Å². The molecule has 0 spiro atoms. The molecule has 2 aliphatic heterocycles.